The van der Waals surface area contributed by atoms with E-state index in [1.807, 2.05) is 0 Å². The van der Waals surface area contributed by atoms with Gasteiger partial charge in [-0.15, -0.1) is 0 Å². The average molecular weight is 173 g/mol. The van der Waals surface area contributed by atoms with Gasteiger partial charge in [0.15, 0.2) is 0 Å². The van der Waals surface area contributed by atoms with Crippen LogP contribution in [0.2, 0.25) is 0 Å². The molecule has 0 heterocycles. The van der Waals surface area contributed by atoms with Crippen LogP contribution in [0.3, 0.4) is 0 Å². The van der Waals surface area contributed by atoms with Crippen molar-refractivity contribution in [2.45, 2.75) is 52.0 Å². The van der Waals surface area contributed by atoms with Crippen molar-refractivity contribution >= 4 is 0 Å². The molecule has 0 aromatic rings. The molecule has 2 nitrogen and oxygen atoms in total. The van der Waals surface area contributed by atoms with Crippen molar-refractivity contribution in [3.8, 4) is 0 Å². The van der Waals surface area contributed by atoms with Crippen LogP contribution in [0.5, 0.6) is 0 Å². The Kier molecular flexibility index (Phi) is 6.39. The lowest BCUT2D eigenvalue weighted by Crippen LogP contribution is -2.43. The molecule has 0 fully saturated rings. The maximum atomic E-state index is 6.05. The van der Waals surface area contributed by atoms with Crippen molar-refractivity contribution in [3.63, 3.8) is 0 Å². The molecule has 2 heteroatoms. The Hall–Kier alpha value is -0.0800. The summed E-state index contributed by atoms with van der Waals surface area (Å²) in [5, 5.41) is 0. The van der Waals surface area contributed by atoms with Crippen LogP contribution >= 0.6 is 0 Å². The summed E-state index contributed by atoms with van der Waals surface area (Å²) in [6, 6.07) is 0. The SMILES string of the molecule is CCCCOCC(N)(CC)CC. The third kappa shape index (κ3) is 4.73. The standard InChI is InChI=1S/C10H23NO/c1-4-7-8-12-9-10(11,5-2)6-3/h4-9,11H2,1-3H3. The molecule has 0 bridgehead atoms. The summed E-state index contributed by atoms with van der Waals surface area (Å²) in [4.78, 5) is 0. The van der Waals surface area contributed by atoms with Gasteiger partial charge in [-0.05, 0) is 19.3 Å². The van der Waals surface area contributed by atoms with Gasteiger partial charge >= 0.3 is 0 Å². The van der Waals surface area contributed by atoms with Crippen LogP contribution in [0.4, 0.5) is 0 Å². The molecule has 12 heavy (non-hydrogen) atoms. The van der Waals surface area contributed by atoms with Crippen LogP contribution in [0.15, 0.2) is 0 Å². The van der Waals surface area contributed by atoms with Crippen molar-refractivity contribution in [3.05, 3.63) is 0 Å². The second kappa shape index (κ2) is 6.44. The molecule has 0 rings (SSSR count). The number of ether oxygens (including phenoxy) is 1. The van der Waals surface area contributed by atoms with E-state index in [0.29, 0.717) is 6.61 Å². The Morgan fingerprint density at radius 1 is 1.17 bits per heavy atom. The topological polar surface area (TPSA) is 35.2 Å². The summed E-state index contributed by atoms with van der Waals surface area (Å²) >= 11 is 0. The zero-order valence-corrected chi connectivity index (χ0v) is 8.73. The van der Waals surface area contributed by atoms with Gasteiger partial charge in [0.1, 0.15) is 0 Å². The molecule has 0 saturated carbocycles. The van der Waals surface area contributed by atoms with Crippen LogP contribution in [0, 0.1) is 0 Å². The molecule has 0 aliphatic rings. The first-order valence-electron chi connectivity index (χ1n) is 5.05. The van der Waals surface area contributed by atoms with Gasteiger partial charge in [-0.2, -0.15) is 0 Å². The van der Waals surface area contributed by atoms with E-state index >= 15 is 0 Å². The zero-order chi connectivity index (χ0) is 9.45. The molecule has 0 saturated heterocycles. The molecule has 2 N–H and O–H groups in total. The van der Waals surface area contributed by atoms with Crippen LogP contribution in [0.1, 0.15) is 46.5 Å². The third-order valence-electron chi connectivity index (χ3n) is 2.44. The fourth-order valence-electron chi connectivity index (χ4n) is 0.976. The molecule has 0 atom stereocenters. The Bertz CT molecular complexity index is 100. The van der Waals surface area contributed by atoms with E-state index < -0.39 is 0 Å². The number of unbranched alkanes of at least 4 members (excludes halogenated alkanes) is 1. The van der Waals surface area contributed by atoms with Gasteiger partial charge in [0, 0.05) is 12.1 Å². The number of rotatable bonds is 7. The quantitative estimate of drug-likeness (QED) is 0.600. The van der Waals surface area contributed by atoms with E-state index in [9.17, 15) is 0 Å². The summed E-state index contributed by atoms with van der Waals surface area (Å²) in [5.74, 6) is 0. The number of nitrogens with two attached hydrogens (primary N) is 1. The van der Waals surface area contributed by atoms with E-state index in [-0.39, 0.29) is 5.54 Å². The minimum absolute atomic E-state index is 0.0895. The van der Waals surface area contributed by atoms with Crippen molar-refractivity contribution in [2.75, 3.05) is 13.2 Å². The average Bonchev–Trinajstić information content (AvgIpc) is 2.12. The minimum Gasteiger partial charge on any atom is -0.380 e. The first kappa shape index (κ1) is 11.9. The summed E-state index contributed by atoms with van der Waals surface area (Å²) in [7, 11) is 0. The first-order chi connectivity index (χ1) is 5.68. The zero-order valence-electron chi connectivity index (χ0n) is 8.73. The lowest BCUT2D eigenvalue weighted by atomic mass is 9.96. The minimum atomic E-state index is -0.0895. The third-order valence-corrected chi connectivity index (χ3v) is 2.44. The Morgan fingerprint density at radius 3 is 2.17 bits per heavy atom. The van der Waals surface area contributed by atoms with Crippen molar-refractivity contribution in [1.29, 1.82) is 0 Å². The second-order valence-corrected chi connectivity index (χ2v) is 3.48. The van der Waals surface area contributed by atoms with Crippen molar-refractivity contribution < 1.29 is 4.74 Å². The molecule has 0 spiro atoms. The van der Waals surface area contributed by atoms with Gasteiger partial charge in [-0.3, -0.25) is 0 Å². The lowest BCUT2D eigenvalue weighted by Gasteiger charge is -2.26. The van der Waals surface area contributed by atoms with Gasteiger partial charge in [0.05, 0.1) is 6.61 Å². The molecular weight excluding hydrogens is 150 g/mol. The molecule has 0 aromatic carbocycles. The van der Waals surface area contributed by atoms with Gasteiger partial charge in [-0.1, -0.05) is 27.2 Å². The van der Waals surface area contributed by atoms with Crippen molar-refractivity contribution in [2.24, 2.45) is 5.73 Å². The highest BCUT2D eigenvalue weighted by Crippen LogP contribution is 2.11. The maximum Gasteiger partial charge on any atom is 0.0645 e. The first-order valence-corrected chi connectivity index (χ1v) is 5.05. The highest BCUT2D eigenvalue weighted by atomic mass is 16.5. The van der Waals surface area contributed by atoms with E-state index in [1.165, 1.54) is 6.42 Å². The number of hydrogen-bond acceptors (Lipinski definition) is 2. The molecule has 0 unspecified atom stereocenters. The molecule has 0 radical (unpaired) electrons. The predicted molar refractivity (Wildman–Crippen MR) is 53.2 cm³/mol. The second-order valence-electron chi connectivity index (χ2n) is 3.48. The molecule has 0 aromatic heterocycles. The van der Waals surface area contributed by atoms with Gasteiger partial charge in [0.25, 0.3) is 0 Å². The summed E-state index contributed by atoms with van der Waals surface area (Å²) in [6.45, 7) is 7.97. The number of hydrogen-bond donors (Lipinski definition) is 1. The summed E-state index contributed by atoms with van der Waals surface area (Å²) < 4.78 is 5.50. The molecule has 0 aliphatic carbocycles. The molecule has 74 valence electrons. The van der Waals surface area contributed by atoms with Gasteiger partial charge in [0.2, 0.25) is 0 Å². The fourth-order valence-corrected chi connectivity index (χ4v) is 0.976. The maximum absolute atomic E-state index is 6.05. The van der Waals surface area contributed by atoms with E-state index in [2.05, 4.69) is 20.8 Å². The lowest BCUT2D eigenvalue weighted by molar-refractivity contribution is 0.0791. The van der Waals surface area contributed by atoms with Gasteiger partial charge < -0.3 is 10.5 Å². The van der Waals surface area contributed by atoms with Crippen LogP contribution in [0.25, 0.3) is 0 Å². The highest BCUT2D eigenvalue weighted by molar-refractivity contribution is 4.80. The van der Waals surface area contributed by atoms with Crippen LogP contribution < -0.4 is 5.73 Å². The fraction of sp³-hybridized carbons (Fsp3) is 1.00. The monoisotopic (exact) mass is 173 g/mol. The highest BCUT2D eigenvalue weighted by Gasteiger charge is 2.19. The van der Waals surface area contributed by atoms with E-state index in [1.54, 1.807) is 0 Å². The van der Waals surface area contributed by atoms with Gasteiger partial charge in [-0.25, -0.2) is 0 Å². The molecule has 0 aliphatic heterocycles. The Morgan fingerprint density at radius 2 is 1.75 bits per heavy atom. The largest absolute Gasteiger partial charge is 0.380 e. The smallest absolute Gasteiger partial charge is 0.0645 e. The van der Waals surface area contributed by atoms with E-state index in [4.69, 9.17) is 10.5 Å². The summed E-state index contributed by atoms with van der Waals surface area (Å²) in [5.41, 5.74) is 5.96. The van der Waals surface area contributed by atoms with Crippen LogP contribution in [-0.2, 0) is 4.74 Å². The molecular formula is C10H23NO. The van der Waals surface area contributed by atoms with E-state index in [0.717, 1.165) is 25.9 Å². The van der Waals surface area contributed by atoms with Crippen LogP contribution in [-0.4, -0.2) is 18.8 Å². The predicted octanol–water partition coefficient (Wildman–Crippen LogP) is 2.32. The summed E-state index contributed by atoms with van der Waals surface area (Å²) in [6.07, 6.45) is 4.32. The molecule has 0 amide bonds. The Labute approximate surface area is 76.5 Å². The Balaban J connectivity index is 3.45. The van der Waals surface area contributed by atoms with Crippen molar-refractivity contribution in [1.82, 2.24) is 0 Å². The normalized spacial score (nSPS) is 12.0.